The fraction of sp³-hybridized carbons (Fsp3) is 0.667. The van der Waals surface area contributed by atoms with Crippen LogP contribution in [-0.4, -0.2) is 26.3 Å². The molecule has 78 valence electrons. The van der Waals surface area contributed by atoms with Crippen molar-refractivity contribution in [3.63, 3.8) is 0 Å². The van der Waals surface area contributed by atoms with Gasteiger partial charge in [0.05, 0.1) is 0 Å². The van der Waals surface area contributed by atoms with Crippen molar-refractivity contribution in [1.82, 2.24) is 15.2 Å². The van der Waals surface area contributed by atoms with Gasteiger partial charge < -0.3 is 5.11 Å². The van der Waals surface area contributed by atoms with Gasteiger partial charge in [-0.2, -0.15) is 5.10 Å². The molecule has 0 fully saturated rings. The highest BCUT2D eigenvalue weighted by atomic mass is 16.4. The first kappa shape index (κ1) is 10.7. The Bertz CT molecular complexity index is 338. The van der Waals surface area contributed by atoms with Crippen LogP contribution in [0.3, 0.4) is 0 Å². The van der Waals surface area contributed by atoms with E-state index in [0.29, 0.717) is 11.6 Å². The van der Waals surface area contributed by atoms with Crippen LogP contribution in [-0.2, 0) is 10.2 Å². The van der Waals surface area contributed by atoms with Crippen molar-refractivity contribution in [3.8, 4) is 0 Å². The molecule has 0 saturated heterocycles. The van der Waals surface area contributed by atoms with Gasteiger partial charge in [-0.05, 0) is 6.92 Å². The van der Waals surface area contributed by atoms with Crippen molar-refractivity contribution in [1.29, 1.82) is 0 Å². The Hall–Kier alpha value is -1.39. The average Bonchev–Trinajstić information content (AvgIpc) is 2.49. The molecular formula is C9H15N3O2. The fourth-order valence-electron chi connectivity index (χ4n) is 0.920. The van der Waals surface area contributed by atoms with Crippen LogP contribution in [0.15, 0.2) is 0 Å². The minimum Gasteiger partial charge on any atom is -0.481 e. The maximum atomic E-state index is 10.7. The van der Waals surface area contributed by atoms with Crippen molar-refractivity contribution >= 4 is 5.97 Å². The number of aromatic nitrogens is 3. The van der Waals surface area contributed by atoms with Crippen molar-refractivity contribution in [2.45, 2.75) is 39.0 Å². The number of hydrogen-bond donors (Lipinski definition) is 2. The summed E-state index contributed by atoms with van der Waals surface area (Å²) in [5.41, 5.74) is -0.160. The number of H-pyrrole nitrogens is 1. The molecule has 14 heavy (non-hydrogen) atoms. The minimum absolute atomic E-state index is 0.160. The van der Waals surface area contributed by atoms with Crippen LogP contribution in [0.25, 0.3) is 0 Å². The summed E-state index contributed by atoms with van der Waals surface area (Å²) in [5.74, 6) is -0.497. The topological polar surface area (TPSA) is 78.9 Å². The van der Waals surface area contributed by atoms with Gasteiger partial charge in [-0.3, -0.25) is 9.89 Å². The first-order valence-corrected chi connectivity index (χ1v) is 4.48. The van der Waals surface area contributed by atoms with Gasteiger partial charge in [0.1, 0.15) is 11.7 Å². The molecule has 0 bridgehead atoms. The lowest BCUT2D eigenvalue weighted by molar-refractivity contribution is -0.138. The molecule has 5 nitrogen and oxygen atoms in total. The molecule has 0 aliphatic rings. The summed E-state index contributed by atoms with van der Waals surface area (Å²) in [6.45, 7) is 7.51. The lowest BCUT2D eigenvalue weighted by Crippen LogP contribution is -2.14. The summed E-state index contributed by atoms with van der Waals surface area (Å²) in [5, 5.41) is 15.4. The summed E-state index contributed by atoms with van der Waals surface area (Å²) >= 11 is 0. The number of carboxylic acids is 1. The molecule has 0 aliphatic carbocycles. The van der Waals surface area contributed by atoms with Gasteiger partial charge in [-0.15, -0.1) is 0 Å². The predicted octanol–water partition coefficient (Wildman–Crippen LogP) is 1.29. The van der Waals surface area contributed by atoms with Gasteiger partial charge in [-0.1, -0.05) is 20.8 Å². The molecule has 5 heteroatoms. The third-order valence-corrected chi connectivity index (χ3v) is 1.95. The number of rotatable bonds is 2. The van der Waals surface area contributed by atoms with E-state index in [4.69, 9.17) is 5.11 Å². The molecule has 0 aromatic carbocycles. The van der Waals surface area contributed by atoms with E-state index in [1.54, 1.807) is 6.92 Å². The Morgan fingerprint density at radius 2 is 2.07 bits per heavy atom. The number of carbonyl (C=O) groups is 1. The maximum Gasteiger partial charge on any atom is 0.313 e. The first-order chi connectivity index (χ1) is 6.32. The minimum atomic E-state index is -0.901. The van der Waals surface area contributed by atoms with E-state index in [2.05, 4.69) is 15.2 Å². The van der Waals surface area contributed by atoms with Crippen LogP contribution in [0.1, 0.15) is 45.3 Å². The summed E-state index contributed by atoms with van der Waals surface area (Å²) in [4.78, 5) is 14.8. The highest BCUT2D eigenvalue weighted by Gasteiger charge is 2.23. The third-order valence-electron chi connectivity index (χ3n) is 1.95. The summed E-state index contributed by atoms with van der Waals surface area (Å²) < 4.78 is 0. The van der Waals surface area contributed by atoms with Crippen LogP contribution in [0.4, 0.5) is 0 Å². The van der Waals surface area contributed by atoms with Crippen LogP contribution in [0.5, 0.6) is 0 Å². The van der Waals surface area contributed by atoms with E-state index in [-0.39, 0.29) is 5.41 Å². The number of aliphatic carboxylic acids is 1. The molecule has 0 radical (unpaired) electrons. The lowest BCUT2D eigenvalue weighted by Gasteiger charge is -2.12. The van der Waals surface area contributed by atoms with Crippen LogP contribution in [0.2, 0.25) is 0 Å². The largest absolute Gasteiger partial charge is 0.481 e. The van der Waals surface area contributed by atoms with Crippen LogP contribution >= 0.6 is 0 Å². The number of hydrogen-bond acceptors (Lipinski definition) is 3. The monoisotopic (exact) mass is 197 g/mol. The first-order valence-electron chi connectivity index (χ1n) is 4.48. The Kier molecular flexibility index (Phi) is 2.59. The second kappa shape index (κ2) is 3.40. The fourth-order valence-corrected chi connectivity index (χ4v) is 0.920. The lowest BCUT2D eigenvalue weighted by atomic mass is 9.96. The summed E-state index contributed by atoms with van der Waals surface area (Å²) in [6, 6.07) is 0. The van der Waals surface area contributed by atoms with E-state index in [1.807, 2.05) is 20.8 Å². The molecule has 1 rings (SSSR count). The van der Waals surface area contributed by atoms with E-state index < -0.39 is 11.9 Å². The van der Waals surface area contributed by atoms with Gasteiger partial charge >= 0.3 is 5.97 Å². The van der Waals surface area contributed by atoms with Crippen LogP contribution in [0, 0.1) is 0 Å². The number of carboxylic acid groups (broad SMARTS) is 1. The molecule has 1 aromatic rings. The smallest absolute Gasteiger partial charge is 0.313 e. The van der Waals surface area contributed by atoms with Gasteiger partial charge in [0.2, 0.25) is 0 Å². The number of aromatic amines is 1. The summed E-state index contributed by atoms with van der Waals surface area (Å²) in [7, 11) is 0. The molecule has 0 saturated carbocycles. The molecule has 1 heterocycles. The number of nitrogens with zero attached hydrogens (tertiary/aromatic N) is 2. The third kappa shape index (κ3) is 2.10. The Labute approximate surface area is 82.6 Å². The molecule has 1 aromatic heterocycles. The van der Waals surface area contributed by atoms with Gasteiger partial charge in [0.15, 0.2) is 5.82 Å². The van der Waals surface area contributed by atoms with E-state index in [0.717, 1.165) is 0 Å². The second-order valence-electron chi connectivity index (χ2n) is 4.35. The van der Waals surface area contributed by atoms with Crippen molar-refractivity contribution in [2.75, 3.05) is 0 Å². The molecular weight excluding hydrogens is 182 g/mol. The van der Waals surface area contributed by atoms with E-state index in [9.17, 15) is 4.79 Å². The van der Waals surface area contributed by atoms with Crippen molar-refractivity contribution < 1.29 is 9.90 Å². The zero-order valence-corrected chi connectivity index (χ0v) is 8.83. The molecule has 0 spiro atoms. The zero-order valence-electron chi connectivity index (χ0n) is 8.83. The highest BCUT2D eigenvalue weighted by molar-refractivity contribution is 5.74. The zero-order chi connectivity index (χ0) is 10.9. The van der Waals surface area contributed by atoms with E-state index >= 15 is 0 Å². The molecule has 0 aliphatic heterocycles. The SMILES string of the molecule is CC(C(=O)O)c1nc(C(C)(C)C)n[nH]1. The summed E-state index contributed by atoms with van der Waals surface area (Å²) in [6.07, 6.45) is 0. The van der Waals surface area contributed by atoms with Crippen LogP contribution < -0.4 is 0 Å². The molecule has 2 N–H and O–H groups in total. The predicted molar refractivity (Wildman–Crippen MR) is 51.1 cm³/mol. The van der Waals surface area contributed by atoms with Gasteiger partial charge in [-0.25, -0.2) is 4.98 Å². The van der Waals surface area contributed by atoms with Gasteiger partial charge in [0, 0.05) is 5.41 Å². The maximum absolute atomic E-state index is 10.7. The second-order valence-corrected chi connectivity index (χ2v) is 4.35. The number of nitrogens with one attached hydrogen (secondary N) is 1. The molecule has 0 amide bonds. The van der Waals surface area contributed by atoms with E-state index in [1.165, 1.54) is 0 Å². The Balaban J connectivity index is 2.94. The Morgan fingerprint density at radius 3 is 2.43 bits per heavy atom. The quantitative estimate of drug-likeness (QED) is 0.748. The molecule has 1 atom stereocenters. The normalized spacial score (nSPS) is 14.0. The average molecular weight is 197 g/mol. The highest BCUT2D eigenvalue weighted by Crippen LogP contribution is 2.19. The standard InChI is InChI=1S/C9H15N3O2/c1-5(7(13)14)6-10-8(12-11-6)9(2,3)4/h5H,1-4H3,(H,13,14)(H,10,11,12). The van der Waals surface area contributed by atoms with Crippen molar-refractivity contribution in [2.24, 2.45) is 0 Å². The Morgan fingerprint density at radius 1 is 1.50 bits per heavy atom. The van der Waals surface area contributed by atoms with Gasteiger partial charge in [0.25, 0.3) is 0 Å². The molecule has 1 unspecified atom stereocenters. The van der Waals surface area contributed by atoms with Crippen molar-refractivity contribution in [3.05, 3.63) is 11.6 Å².